The van der Waals surface area contributed by atoms with E-state index in [1.54, 1.807) is 0 Å². The molecule has 0 bridgehead atoms. The Kier molecular flexibility index (Phi) is 8.55. The predicted molar refractivity (Wildman–Crippen MR) is 275 cm³/mol. The van der Waals surface area contributed by atoms with Crippen LogP contribution >= 0.6 is 22.7 Å². The molecule has 0 fully saturated rings. The first-order valence-corrected chi connectivity index (χ1v) is 23.5. The number of rotatable bonds is 7. The highest BCUT2D eigenvalue weighted by Gasteiger charge is 2.46. The molecule has 3 heteroatoms. The van der Waals surface area contributed by atoms with E-state index in [0.717, 1.165) is 11.4 Å². The summed E-state index contributed by atoms with van der Waals surface area (Å²) in [5.41, 5.74) is 15.5. The van der Waals surface area contributed by atoms with Crippen LogP contribution in [0.4, 0.5) is 17.1 Å². The first kappa shape index (κ1) is 37.0. The van der Waals surface area contributed by atoms with E-state index < -0.39 is 5.41 Å². The highest BCUT2D eigenvalue weighted by molar-refractivity contribution is 7.26. The number of hydrogen-bond donors (Lipinski definition) is 0. The maximum absolute atomic E-state index is 2.48. The van der Waals surface area contributed by atoms with E-state index in [2.05, 4.69) is 241 Å². The molecule has 1 aliphatic rings. The normalized spacial score (nSPS) is 12.8. The molecular weight excluding hydrogens is 811 g/mol. The van der Waals surface area contributed by atoms with Gasteiger partial charge in [0.25, 0.3) is 0 Å². The van der Waals surface area contributed by atoms with E-state index in [9.17, 15) is 0 Å². The lowest BCUT2D eigenvalue weighted by Crippen LogP contribution is -2.28. The summed E-state index contributed by atoms with van der Waals surface area (Å²) in [7, 11) is 0. The van der Waals surface area contributed by atoms with Crippen LogP contribution < -0.4 is 4.90 Å². The van der Waals surface area contributed by atoms with Crippen molar-refractivity contribution >= 4 is 80.1 Å². The van der Waals surface area contributed by atoms with Crippen molar-refractivity contribution in [3.63, 3.8) is 0 Å². The Labute approximate surface area is 380 Å². The molecule has 2 aromatic heterocycles. The fourth-order valence-electron chi connectivity index (χ4n) is 10.5. The van der Waals surface area contributed by atoms with Crippen LogP contribution in [0.3, 0.4) is 0 Å². The Morgan fingerprint density at radius 1 is 0.312 bits per heavy atom. The lowest BCUT2D eigenvalue weighted by Gasteiger charge is -2.34. The van der Waals surface area contributed by atoms with Gasteiger partial charge in [-0.15, -0.1) is 22.7 Å². The summed E-state index contributed by atoms with van der Waals surface area (Å²) in [6.45, 7) is 0. The standard InChI is InChI=1S/C61H39NS2/c1-3-17-44(18-4-1)61(45-19-5-2-6-20-45)54-25-10-7-21-48(54)52-39-47(34-35-55(52)61)62(56-26-14-24-51-49-22-8-12-28-58(49)64-60(51)56)46-32-29-40(30-33-46)41-15-13-16-42(37-41)43-31-36-59-53(38-43)50-23-9-11-27-57(50)63-59/h1-39H. The Morgan fingerprint density at radius 2 is 0.859 bits per heavy atom. The third kappa shape index (κ3) is 5.68. The van der Waals surface area contributed by atoms with E-state index >= 15 is 0 Å². The van der Waals surface area contributed by atoms with Crippen molar-refractivity contribution in [2.75, 3.05) is 4.90 Å². The predicted octanol–water partition coefficient (Wildman–Crippen LogP) is 17.6. The van der Waals surface area contributed by atoms with Gasteiger partial charge in [-0.25, -0.2) is 0 Å². The molecule has 12 aromatic rings. The van der Waals surface area contributed by atoms with E-state index in [0.29, 0.717) is 0 Å². The number of anilines is 3. The van der Waals surface area contributed by atoms with Gasteiger partial charge >= 0.3 is 0 Å². The number of nitrogens with zero attached hydrogens (tertiary/aromatic N) is 1. The van der Waals surface area contributed by atoms with Gasteiger partial charge in [0, 0.05) is 47.0 Å². The van der Waals surface area contributed by atoms with Gasteiger partial charge in [-0.3, -0.25) is 0 Å². The molecule has 0 spiro atoms. The Bertz CT molecular complexity index is 3690. The minimum Gasteiger partial charge on any atom is -0.309 e. The lowest BCUT2D eigenvalue weighted by molar-refractivity contribution is 0.768. The van der Waals surface area contributed by atoms with E-state index in [4.69, 9.17) is 0 Å². The highest BCUT2D eigenvalue weighted by Crippen LogP contribution is 2.57. The van der Waals surface area contributed by atoms with Crippen molar-refractivity contribution in [1.82, 2.24) is 0 Å². The van der Waals surface area contributed by atoms with Crippen LogP contribution in [0, 0.1) is 0 Å². The minimum absolute atomic E-state index is 0.456. The molecule has 13 rings (SSSR count). The fraction of sp³-hybridized carbons (Fsp3) is 0.0164. The molecule has 1 aliphatic carbocycles. The molecular formula is C61H39NS2. The molecule has 0 unspecified atom stereocenters. The van der Waals surface area contributed by atoms with Crippen molar-refractivity contribution in [3.05, 3.63) is 259 Å². The summed E-state index contributed by atoms with van der Waals surface area (Å²) in [6, 6.07) is 87.8. The number of benzene rings is 10. The van der Waals surface area contributed by atoms with E-state index in [1.807, 2.05) is 22.7 Å². The van der Waals surface area contributed by atoms with Gasteiger partial charge < -0.3 is 4.90 Å². The average Bonchev–Trinajstić information content (AvgIpc) is 4.03. The molecule has 10 aromatic carbocycles. The Hall–Kier alpha value is -7.56. The minimum atomic E-state index is -0.456. The monoisotopic (exact) mass is 849 g/mol. The van der Waals surface area contributed by atoms with Gasteiger partial charge in [-0.1, -0.05) is 176 Å². The summed E-state index contributed by atoms with van der Waals surface area (Å²) < 4.78 is 5.23. The zero-order valence-electron chi connectivity index (χ0n) is 34.8. The molecule has 0 N–H and O–H groups in total. The molecule has 0 aliphatic heterocycles. The summed E-state index contributed by atoms with van der Waals surface area (Å²) in [4.78, 5) is 2.48. The van der Waals surface area contributed by atoms with Crippen LogP contribution in [0.1, 0.15) is 22.3 Å². The van der Waals surface area contributed by atoms with Crippen molar-refractivity contribution in [2.45, 2.75) is 5.41 Å². The molecule has 0 radical (unpaired) electrons. The quantitative estimate of drug-likeness (QED) is 0.154. The van der Waals surface area contributed by atoms with Gasteiger partial charge in [0.05, 0.1) is 15.8 Å². The summed E-state index contributed by atoms with van der Waals surface area (Å²) in [5, 5.41) is 5.22. The first-order valence-electron chi connectivity index (χ1n) is 21.9. The van der Waals surface area contributed by atoms with Gasteiger partial charge in [-0.05, 0) is 116 Å². The summed E-state index contributed by atoms with van der Waals surface area (Å²) in [5.74, 6) is 0. The summed E-state index contributed by atoms with van der Waals surface area (Å²) >= 11 is 3.74. The van der Waals surface area contributed by atoms with Crippen LogP contribution in [0.5, 0.6) is 0 Å². The van der Waals surface area contributed by atoms with Gasteiger partial charge in [0.1, 0.15) is 0 Å². The van der Waals surface area contributed by atoms with Crippen molar-refractivity contribution in [1.29, 1.82) is 0 Å². The zero-order chi connectivity index (χ0) is 42.2. The first-order chi connectivity index (χ1) is 31.7. The fourth-order valence-corrected chi connectivity index (χ4v) is 12.8. The molecule has 64 heavy (non-hydrogen) atoms. The van der Waals surface area contributed by atoms with Crippen LogP contribution in [-0.2, 0) is 5.41 Å². The van der Waals surface area contributed by atoms with Crippen molar-refractivity contribution < 1.29 is 0 Å². The average molecular weight is 850 g/mol. The Morgan fingerprint density at radius 3 is 1.62 bits per heavy atom. The molecule has 0 amide bonds. The zero-order valence-corrected chi connectivity index (χ0v) is 36.4. The van der Waals surface area contributed by atoms with Crippen LogP contribution in [0.25, 0.3) is 73.7 Å². The molecule has 0 saturated carbocycles. The van der Waals surface area contributed by atoms with Crippen LogP contribution in [0.2, 0.25) is 0 Å². The molecule has 300 valence electrons. The third-order valence-electron chi connectivity index (χ3n) is 13.4. The Balaban J connectivity index is 0.965. The number of fused-ring (bicyclic) bond motifs is 9. The molecule has 0 atom stereocenters. The van der Waals surface area contributed by atoms with Gasteiger partial charge in [-0.2, -0.15) is 0 Å². The second-order valence-corrected chi connectivity index (χ2v) is 18.9. The van der Waals surface area contributed by atoms with E-state index in [-0.39, 0.29) is 0 Å². The van der Waals surface area contributed by atoms with Crippen molar-refractivity contribution in [3.8, 4) is 33.4 Å². The molecule has 1 nitrogen and oxygen atoms in total. The maximum Gasteiger partial charge on any atom is 0.0713 e. The van der Waals surface area contributed by atoms with Gasteiger partial charge in [0.2, 0.25) is 0 Å². The number of hydrogen-bond acceptors (Lipinski definition) is 3. The smallest absolute Gasteiger partial charge is 0.0713 e. The lowest BCUT2D eigenvalue weighted by atomic mass is 9.68. The van der Waals surface area contributed by atoms with Crippen LogP contribution in [0.15, 0.2) is 237 Å². The second-order valence-electron chi connectivity index (χ2n) is 16.8. The maximum atomic E-state index is 2.48. The van der Waals surface area contributed by atoms with Crippen LogP contribution in [-0.4, -0.2) is 0 Å². The van der Waals surface area contributed by atoms with Gasteiger partial charge in [0.15, 0.2) is 0 Å². The topological polar surface area (TPSA) is 3.24 Å². The summed E-state index contributed by atoms with van der Waals surface area (Å²) in [6.07, 6.45) is 0. The largest absolute Gasteiger partial charge is 0.309 e. The van der Waals surface area contributed by atoms with Crippen molar-refractivity contribution in [2.24, 2.45) is 0 Å². The highest BCUT2D eigenvalue weighted by atomic mass is 32.1. The van der Waals surface area contributed by atoms with E-state index in [1.165, 1.54) is 102 Å². The molecule has 0 saturated heterocycles. The molecule has 2 heterocycles. The second kappa shape index (κ2) is 14.8. The SMILES string of the molecule is c1ccc(C2(c3ccccc3)c3ccccc3-c3cc(N(c4ccc(-c5cccc(-c6ccc7sc8ccccc8c7c6)c5)cc4)c4cccc5c4sc4ccccc45)ccc32)cc1. The third-order valence-corrected chi connectivity index (χ3v) is 15.7. The number of thiophene rings is 2.